The Morgan fingerprint density at radius 3 is 2.73 bits per heavy atom. The van der Waals surface area contributed by atoms with Gasteiger partial charge in [-0.2, -0.15) is 0 Å². The molecule has 0 N–H and O–H groups in total. The van der Waals surface area contributed by atoms with Crippen LogP contribution in [0.3, 0.4) is 0 Å². The minimum Gasteiger partial charge on any atom is -0.497 e. The molecule has 1 aliphatic heterocycles. The summed E-state index contributed by atoms with van der Waals surface area (Å²) < 4.78 is 7.15. The molecular weight excluding hydrogens is 328 g/mol. The molecule has 3 aromatic rings. The first kappa shape index (κ1) is 16.5. The van der Waals surface area contributed by atoms with Crippen LogP contribution in [0.15, 0.2) is 48.9 Å². The highest BCUT2D eigenvalue weighted by molar-refractivity contribution is 5.58. The summed E-state index contributed by atoms with van der Waals surface area (Å²) in [6.07, 6.45) is 7.93. The molecule has 4 rings (SSSR count). The van der Waals surface area contributed by atoms with E-state index in [1.807, 2.05) is 41.2 Å². The van der Waals surface area contributed by atoms with Gasteiger partial charge in [-0.1, -0.05) is 5.21 Å². The number of ether oxygens (including phenoxy) is 1. The fourth-order valence-electron chi connectivity index (χ4n) is 3.40. The van der Waals surface area contributed by atoms with E-state index in [1.54, 1.807) is 19.5 Å². The maximum atomic E-state index is 5.20. The molecule has 0 amide bonds. The van der Waals surface area contributed by atoms with Gasteiger partial charge in [-0.05, 0) is 49.1 Å². The molecule has 1 atom stereocenters. The van der Waals surface area contributed by atoms with Crippen molar-refractivity contribution < 1.29 is 4.74 Å². The molecule has 7 heteroatoms. The van der Waals surface area contributed by atoms with Crippen LogP contribution in [0, 0.1) is 5.92 Å². The molecule has 3 heterocycles. The maximum absolute atomic E-state index is 5.20. The SMILES string of the molecule is COc1ccc(-c2cn(C[C@@H]3CCCN(c4ncccn4)C3)nn2)cc1. The highest BCUT2D eigenvalue weighted by Crippen LogP contribution is 2.23. The molecule has 0 saturated carbocycles. The fraction of sp³-hybridized carbons (Fsp3) is 0.368. The normalized spacial score (nSPS) is 17.3. The summed E-state index contributed by atoms with van der Waals surface area (Å²) in [7, 11) is 1.67. The van der Waals surface area contributed by atoms with Crippen LogP contribution in [0.2, 0.25) is 0 Å². The second-order valence-electron chi connectivity index (χ2n) is 6.56. The minimum absolute atomic E-state index is 0.512. The van der Waals surface area contributed by atoms with Crippen LogP contribution in [0.1, 0.15) is 12.8 Å². The van der Waals surface area contributed by atoms with Crippen molar-refractivity contribution in [1.82, 2.24) is 25.0 Å². The molecule has 7 nitrogen and oxygen atoms in total. The van der Waals surface area contributed by atoms with Gasteiger partial charge in [-0.3, -0.25) is 4.68 Å². The summed E-state index contributed by atoms with van der Waals surface area (Å²) in [4.78, 5) is 11.0. The Kier molecular flexibility index (Phi) is 4.77. The van der Waals surface area contributed by atoms with Gasteiger partial charge in [0.25, 0.3) is 0 Å². The van der Waals surface area contributed by atoms with Gasteiger partial charge in [0.2, 0.25) is 5.95 Å². The molecule has 1 aromatic carbocycles. The maximum Gasteiger partial charge on any atom is 0.225 e. The van der Waals surface area contributed by atoms with Gasteiger partial charge in [-0.15, -0.1) is 5.10 Å². The van der Waals surface area contributed by atoms with E-state index in [1.165, 1.54) is 6.42 Å². The third-order valence-electron chi connectivity index (χ3n) is 4.72. The van der Waals surface area contributed by atoms with E-state index in [0.717, 1.165) is 49.0 Å². The van der Waals surface area contributed by atoms with Gasteiger partial charge in [0.05, 0.1) is 13.3 Å². The number of benzene rings is 1. The summed E-state index contributed by atoms with van der Waals surface area (Å²) in [6, 6.07) is 9.73. The molecular formula is C19H22N6O. The molecule has 134 valence electrons. The molecule has 0 radical (unpaired) electrons. The fourth-order valence-corrected chi connectivity index (χ4v) is 3.40. The zero-order valence-electron chi connectivity index (χ0n) is 14.8. The second kappa shape index (κ2) is 7.51. The lowest BCUT2D eigenvalue weighted by atomic mass is 9.98. The number of methoxy groups -OCH3 is 1. The van der Waals surface area contributed by atoms with Gasteiger partial charge in [0.15, 0.2) is 0 Å². The van der Waals surface area contributed by atoms with Crippen molar-refractivity contribution in [1.29, 1.82) is 0 Å². The average Bonchev–Trinajstić information content (AvgIpc) is 3.17. The van der Waals surface area contributed by atoms with E-state index in [9.17, 15) is 0 Å². The molecule has 0 unspecified atom stereocenters. The highest BCUT2D eigenvalue weighted by atomic mass is 16.5. The van der Waals surface area contributed by atoms with Crippen molar-refractivity contribution in [2.45, 2.75) is 19.4 Å². The molecule has 1 fully saturated rings. The summed E-state index contributed by atoms with van der Waals surface area (Å²) in [5.74, 6) is 2.17. The van der Waals surface area contributed by atoms with Crippen LogP contribution in [0.4, 0.5) is 5.95 Å². The van der Waals surface area contributed by atoms with Gasteiger partial charge in [-0.25, -0.2) is 9.97 Å². The Morgan fingerprint density at radius 1 is 1.15 bits per heavy atom. The average molecular weight is 350 g/mol. The Labute approximate surface area is 152 Å². The molecule has 2 aromatic heterocycles. The summed E-state index contributed by atoms with van der Waals surface area (Å²) >= 11 is 0. The zero-order chi connectivity index (χ0) is 17.8. The molecule has 1 saturated heterocycles. The number of hydrogen-bond acceptors (Lipinski definition) is 6. The van der Waals surface area contributed by atoms with Crippen molar-refractivity contribution in [3.63, 3.8) is 0 Å². The standard InChI is InChI=1S/C19H22N6O/c1-26-17-7-5-16(6-8-17)18-14-25(23-22-18)13-15-4-2-11-24(12-15)19-20-9-3-10-21-19/h3,5-10,14-15H,2,4,11-13H2,1H3/t15-/m1/s1. The number of aromatic nitrogens is 5. The Morgan fingerprint density at radius 2 is 1.96 bits per heavy atom. The van der Waals surface area contributed by atoms with Crippen LogP contribution >= 0.6 is 0 Å². The molecule has 26 heavy (non-hydrogen) atoms. The van der Waals surface area contributed by atoms with E-state index >= 15 is 0 Å². The quantitative estimate of drug-likeness (QED) is 0.705. The Bertz CT molecular complexity index is 833. The summed E-state index contributed by atoms with van der Waals surface area (Å²) in [5.41, 5.74) is 1.92. The number of piperidine rings is 1. The smallest absolute Gasteiger partial charge is 0.225 e. The summed E-state index contributed by atoms with van der Waals surface area (Å²) in [6.45, 7) is 2.81. The number of nitrogens with zero attached hydrogens (tertiary/aromatic N) is 6. The van der Waals surface area contributed by atoms with Gasteiger partial charge >= 0.3 is 0 Å². The Balaban J connectivity index is 1.42. The van der Waals surface area contributed by atoms with Gasteiger partial charge in [0.1, 0.15) is 11.4 Å². The largest absolute Gasteiger partial charge is 0.497 e. The van der Waals surface area contributed by atoms with Crippen LogP contribution in [-0.2, 0) is 6.54 Å². The summed E-state index contributed by atoms with van der Waals surface area (Å²) in [5, 5.41) is 8.63. The topological polar surface area (TPSA) is 69.0 Å². The van der Waals surface area contributed by atoms with Crippen LogP contribution in [0.25, 0.3) is 11.3 Å². The van der Waals surface area contributed by atoms with Crippen molar-refractivity contribution in [3.05, 3.63) is 48.9 Å². The van der Waals surface area contributed by atoms with Crippen molar-refractivity contribution in [2.24, 2.45) is 5.92 Å². The minimum atomic E-state index is 0.512. The molecule has 0 bridgehead atoms. The monoisotopic (exact) mass is 350 g/mol. The lowest BCUT2D eigenvalue weighted by molar-refractivity contribution is 0.346. The van der Waals surface area contributed by atoms with Crippen LogP contribution in [-0.4, -0.2) is 45.2 Å². The van der Waals surface area contributed by atoms with E-state index in [4.69, 9.17) is 4.74 Å². The first-order valence-corrected chi connectivity index (χ1v) is 8.88. The first-order valence-electron chi connectivity index (χ1n) is 8.88. The van der Waals surface area contributed by atoms with E-state index < -0.39 is 0 Å². The lowest BCUT2D eigenvalue weighted by Gasteiger charge is -2.32. The molecule has 1 aliphatic rings. The third-order valence-corrected chi connectivity index (χ3v) is 4.72. The first-order chi connectivity index (χ1) is 12.8. The van der Waals surface area contributed by atoms with Gasteiger partial charge < -0.3 is 9.64 Å². The van der Waals surface area contributed by atoms with Crippen molar-refractivity contribution in [3.8, 4) is 17.0 Å². The molecule has 0 spiro atoms. The van der Waals surface area contributed by atoms with Gasteiger partial charge in [0, 0.05) is 37.6 Å². The van der Waals surface area contributed by atoms with Crippen molar-refractivity contribution >= 4 is 5.95 Å². The second-order valence-corrected chi connectivity index (χ2v) is 6.56. The van der Waals surface area contributed by atoms with E-state index in [0.29, 0.717) is 5.92 Å². The predicted molar refractivity (Wildman–Crippen MR) is 99.0 cm³/mol. The highest BCUT2D eigenvalue weighted by Gasteiger charge is 2.22. The lowest BCUT2D eigenvalue weighted by Crippen LogP contribution is -2.38. The van der Waals surface area contributed by atoms with E-state index in [-0.39, 0.29) is 0 Å². The number of rotatable bonds is 5. The molecule has 0 aliphatic carbocycles. The van der Waals surface area contributed by atoms with Crippen LogP contribution < -0.4 is 9.64 Å². The Hall–Kier alpha value is -2.96. The predicted octanol–water partition coefficient (Wildman–Crippen LogP) is 2.66. The number of anilines is 1. The van der Waals surface area contributed by atoms with Crippen molar-refractivity contribution in [2.75, 3.05) is 25.1 Å². The van der Waals surface area contributed by atoms with Crippen LogP contribution in [0.5, 0.6) is 5.75 Å². The number of hydrogen-bond donors (Lipinski definition) is 0. The van der Waals surface area contributed by atoms with E-state index in [2.05, 4.69) is 25.2 Å². The third kappa shape index (κ3) is 3.66. The zero-order valence-corrected chi connectivity index (χ0v) is 14.8.